The highest BCUT2D eigenvalue weighted by atomic mass is 32.2. The van der Waals surface area contributed by atoms with Crippen LogP contribution in [0.5, 0.6) is 0 Å². The van der Waals surface area contributed by atoms with Crippen LogP contribution in [0.15, 0.2) is 27.9 Å². The minimum Gasteiger partial charge on any atom is -0.244 e. The summed E-state index contributed by atoms with van der Waals surface area (Å²) in [5.74, 6) is 0. The maximum atomic E-state index is 11.8. The van der Waals surface area contributed by atoms with E-state index in [0.29, 0.717) is 0 Å². The molecule has 2 rings (SSSR count). The number of thioether (sulfide) groups is 1. The van der Waals surface area contributed by atoms with E-state index in [2.05, 4.69) is 23.4 Å². The summed E-state index contributed by atoms with van der Waals surface area (Å²) in [5, 5.41) is 7.61. The van der Waals surface area contributed by atoms with Gasteiger partial charge in [0.05, 0.1) is 5.69 Å². The summed E-state index contributed by atoms with van der Waals surface area (Å²) in [6, 6.07) is 5.88. The Hall–Kier alpha value is -1.56. The first-order valence-corrected chi connectivity index (χ1v) is 6.56. The maximum absolute atomic E-state index is 11.8. The summed E-state index contributed by atoms with van der Waals surface area (Å²) in [6.45, 7) is 2.07. The maximum Gasteiger partial charge on any atom is 0.368 e. The van der Waals surface area contributed by atoms with Crippen LogP contribution in [-0.4, -0.2) is 26.0 Å². The predicted molar refractivity (Wildman–Crippen MR) is 67.8 cm³/mol. The lowest BCUT2D eigenvalue weighted by Gasteiger charge is -2.10. The Kier molecular flexibility index (Phi) is 3.33. The average molecular weight is 250 g/mol. The SMILES string of the molecule is CCc1c(SC)cccc1-n1nnn(C)c1=O. The third-order valence-corrected chi connectivity index (χ3v) is 3.45. The molecule has 17 heavy (non-hydrogen) atoms. The number of nitrogens with zero attached hydrogens (tertiary/aromatic N) is 4. The molecule has 1 heterocycles. The largest absolute Gasteiger partial charge is 0.368 e. The lowest BCUT2D eigenvalue weighted by molar-refractivity contribution is 0.692. The van der Waals surface area contributed by atoms with Crippen molar-refractivity contribution in [3.8, 4) is 5.69 Å². The van der Waals surface area contributed by atoms with Gasteiger partial charge < -0.3 is 0 Å². The minimum absolute atomic E-state index is 0.224. The molecule has 0 saturated heterocycles. The Labute approximate surface area is 103 Å². The molecule has 90 valence electrons. The second kappa shape index (κ2) is 4.75. The highest BCUT2D eigenvalue weighted by Crippen LogP contribution is 2.25. The second-order valence-corrected chi connectivity index (χ2v) is 4.46. The van der Waals surface area contributed by atoms with Crippen molar-refractivity contribution in [1.82, 2.24) is 19.8 Å². The highest BCUT2D eigenvalue weighted by Gasteiger charge is 2.12. The van der Waals surface area contributed by atoms with E-state index in [0.717, 1.165) is 17.7 Å². The van der Waals surface area contributed by atoms with Crippen LogP contribution in [0, 0.1) is 0 Å². The van der Waals surface area contributed by atoms with Gasteiger partial charge in [0, 0.05) is 11.9 Å². The molecule has 6 heteroatoms. The number of tetrazole rings is 1. The van der Waals surface area contributed by atoms with Crippen LogP contribution in [0.1, 0.15) is 12.5 Å². The van der Waals surface area contributed by atoms with Gasteiger partial charge in [-0.25, -0.2) is 4.79 Å². The van der Waals surface area contributed by atoms with Gasteiger partial charge in [-0.15, -0.1) is 11.8 Å². The lowest BCUT2D eigenvalue weighted by Crippen LogP contribution is -2.22. The van der Waals surface area contributed by atoms with Crippen molar-refractivity contribution >= 4 is 11.8 Å². The topological polar surface area (TPSA) is 52.7 Å². The molecule has 2 aromatic rings. The van der Waals surface area contributed by atoms with Gasteiger partial charge in [-0.3, -0.25) is 0 Å². The van der Waals surface area contributed by atoms with Crippen LogP contribution < -0.4 is 5.69 Å². The van der Waals surface area contributed by atoms with Crippen LogP contribution in [0.25, 0.3) is 5.69 Å². The number of benzene rings is 1. The third-order valence-electron chi connectivity index (χ3n) is 2.63. The molecular weight excluding hydrogens is 236 g/mol. The van der Waals surface area contributed by atoms with Crippen LogP contribution in [-0.2, 0) is 13.5 Å². The van der Waals surface area contributed by atoms with E-state index in [9.17, 15) is 4.79 Å². The molecule has 0 aliphatic carbocycles. The molecule has 0 fully saturated rings. The van der Waals surface area contributed by atoms with Gasteiger partial charge in [0.1, 0.15) is 0 Å². The van der Waals surface area contributed by atoms with Crippen molar-refractivity contribution in [3.63, 3.8) is 0 Å². The number of rotatable bonds is 3. The Morgan fingerprint density at radius 1 is 1.35 bits per heavy atom. The van der Waals surface area contributed by atoms with E-state index in [1.807, 2.05) is 18.4 Å². The zero-order valence-corrected chi connectivity index (χ0v) is 10.9. The summed E-state index contributed by atoms with van der Waals surface area (Å²) < 4.78 is 2.57. The first-order chi connectivity index (χ1) is 8.19. The molecule has 0 saturated carbocycles. The average Bonchev–Trinajstić information content (AvgIpc) is 2.69. The molecule has 0 amide bonds. The predicted octanol–water partition coefficient (Wildman–Crippen LogP) is 1.25. The Morgan fingerprint density at radius 3 is 2.65 bits per heavy atom. The van der Waals surface area contributed by atoms with Crippen LogP contribution in [0.2, 0.25) is 0 Å². The highest BCUT2D eigenvalue weighted by molar-refractivity contribution is 7.98. The van der Waals surface area contributed by atoms with Crippen molar-refractivity contribution in [1.29, 1.82) is 0 Å². The number of aryl methyl sites for hydroxylation is 1. The first-order valence-electron chi connectivity index (χ1n) is 5.34. The Balaban J connectivity index is 2.67. The number of hydrogen-bond acceptors (Lipinski definition) is 4. The monoisotopic (exact) mass is 250 g/mol. The van der Waals surface area contributed by atoms with E-state index >= 15 is 0 Å². The molecule has 0 spiro atoms. The molecular formula is C11H14N4OS. The second-order valence-electron chi connectivity index (χ2n) is 3.61. The van der Waals surface area contributed by atoms with E-state index in [4.69, 9.17) is 0 Å². The van der Waals surface area contributed by atoms with Crippen molar-refractivity contribution in [3.05, 3.63) is 34.2 Å². The molecule has 0 atom stereocenters. The molecule has 0 bridgehead atoms. The van der Waals surface area contributed by atoms with Gasteiger partial charge >= 0.3 is 5.69 Å². The molecule has 0 aliphatic rings. The van der Waals surface area contributed by atoms with E-state index in [-0.39, 0.29) is 5.69 Å². The number of hydrogen-bond donors (Lipinski definition) is 0. The quantitative estimate of drug-likeness (QED) is 0.769. The fourth-order valence-corrected chi connectivity index (χ4v) is 2.47. The standard InChI is InChI=1S/C11H14N4OS/c1-4-8-9(6-5-7-10(8)17-3)15-11(16)14(2)12-13-15/h5-7H,4H2,1-3H3. The van der Waals surface area contributed by atoms with Gasteiger partial charge in [-0.2, -0.15) is 9.36 Å². The van der Waals surface area contributed by atoms with Gasteiger partial charge in [-0.05, 0) is 40.8 Å². The smallest absolute Gasteiger partial charge is 0.244 e. The molecule has 0 radical (unpaired) electrons. The van der Waals surface area contributed by atoms with Crippen molar-refractivity contribution in [2.45, 2.75) is 18.2 Å². The molecule has 0 aliphatic heterocycles. The van der Waals surface area contributed by atoms with E-state index in [1.165, 1.54) is 14.3 Å². The molecule has 5 nitrogen and oxygen atoms in total. The molecule has 1 aromatic heterocycles. The van der Waals surface area contributed by atoms with Crippen LogP contribution in [0.4, 0.5) is 0 Å². The van der Waals surface area contributed by atoms with Crippen LogP contribution in [0.3, 0.4) is 0 Å². The summed E-state index contributed by atoms with van der Waals surface area (Å²) in [7, 11) is 1.59. The summed E-state index contributed by atoms with van der Waals surface area (Å²) in [5.41, 5.74) is 1.72. The van der Waals surface area contributed by atoms with Crippen molar-refractivity contribution in [2.75, 3.05) is 6.26 Å². The molecule has 0 unspecified atom stereocenters. The van der Waals surface area contributed by atoms with Crippen molar-refractivity contribution < 1.29 is 0 Å². The zero-order chi connectivity index (χ0) is 12.4. The first kappa shape index (κ1) is 11.9. The van der Waals surface area contributed by atoms with E-state index in [1.54, 1.807) is 18.8 Å². The normalized spacial score (nSPS) is 10.8. The summed E-state index contributed by atoms with van der Waals surface area (Å²) in [6.07, 6.45) is 2.88. The lowest BCUT2D eigenvalue weighted by atomic mass is 10.1. The number of aromatic nitrogens is 4. The minimum atomic E-state index is -0.224. The van der Waals surface area contributed by atoms with Gasteiger partial charge in [-0.1, -0.05) is 13.0 Å². The van der Waals surface area contributed by atoms with Crippen molar-refractivity contribution in [2.24, 2.45) is 7.05 Å². The Bertz CT molecular complexity index is 587. The Morgan fingerprint density at radius 2 is 2.12 bits per heavy atom. The summed E-state index contributed by atoms with van der Waals surface area (Å²) >= 11 is 1.67. The van der Waals surface area contributed by atoms with Gasteiger partial charge in [0.2, 0.25) is 0 Å². The van der Waals surface area contributed by atoms with Crippen LogP contribution >= 0.6 is 11.8 Å². The van der Waals surface area contributed by atoms with Gasteiger partial charge in [0.15, 0.2) is 0 Å². The molecule has 1 aromatic carbocycles. The molecule has 0 N–H and O–H groups in total. The zero-order valence-electron chi connectivity index (χ0n) is 10.0. The van der Waals surface area contributed by atoms with E-state index < -0.39 is 0 Å². The fourth-order valence-electron chi connectivity index (χ4n) is 1.76. The van der Waals surface area contributed by atoms with Gasteiger partial charge in [0.25, 0.3) is 0 Å². The fraction of sp³-hybridized carbons (Fsp3) is 0.364. The summed E-state index contributed by atoms with van der Waals surface area (Å²) in [4.78, 5) is 13.0. The third kappa shape index (κ3) is 2.00.